The average molecular weight is 212 g/mol. The lowest BCUT2D eigenvalue weighted by Crippen LogP contribution is -2.27. The molecule has 0 aromatic carbocycles. The summed E-state index contributed by atoms with van der Waals surface area (Å²) in [5.41, 5.74) is 0.279. The molecule has 1 aliphatic rings. The van der Waals surface area contributed by atoms with E-state index in [2.05, 4.69) is 13.2 Å². The molecule has 0 spiro atoms. The quantitative estimate of drug-likeness (QED) is 0.378. The Morgan fingerprint density at radius 3 is 2.60 bits per heavy atom. The first-order chi connectivity index (χ1) is 6.99. The second-order valence-corrected chi connectivity index (χ2v) is 3.18. The van der Waals surface area contributed by atoms with Crippen molar-refractivity contribution in [3.63, 3.8) is 0 Å². The van der Waals surface area contributed by atoms with Gasteiger partial charge < -0.3 is 14.2 Å². The predicted molar refractivity (Wildman–Crippen MR) is 50.7 cm³/mol. The second-order valence-electron chi connectivity index (χ2n) is 3.18. The summed E-state index contributed by atoms with van der Waals surface area (Å²) in [6.45, 7) is 8.28. The van der Waals surface area contributed by atoms with Crippen molar-refractivity contribution in [3.05, 3.63) is 24.8 Å². The minimum atomic E-state index is -1.11. The normalized spacial score (nSPS) is 22.7. The number of ether oxygens (including phenoxy) is 3. The maximum absolute atomic E-state index is 11.0. The number of hydrogen-bond donors (Lipinski definition) is 0. The van der Waals surface area contributed by atoms with Gasteiger partial charge in [-0.1, -0.05) is 13.2 Å². The summed E-state index contributed by atoms with van der Waals surface area (Å²) in [6, 6.07) is 0. The minimum absolute atomic E-state index is 0.127. The molecule has 1 rings (SSSR count). The molecule has 1 saturated heterocycles. The van der Waals surface area contributed by atoms with Gasteiger partial charge in [0.25, 0.3) is 5.79 Å². The van der Waals surface area contributed by atoms with Crippen LogP contribution >= 0.6 is 0 Å². The molecule has 5 nitrogen and oxygen atoms in total. The Labute approximate surface area is 87.3 Å². The van der Waals surface area contributed by atoms with Crippen molar-refractivity contribution < 1.29 is 23.8 Å². The van der Waals surface area contributed by atoms with E-state index in [4.69, 9.17) is 14.2 Å². The third kappa shape index (κ3) is 3.21. The SMILES string of the molecule is C=CC(=O)OC1(COC(=O)C(=C)C)CO1. The van der Waals surface area contributed by atoms with Crippen LogP contribution in [0, 0.1) is 0 Å². The Bertz CT molecular complexity index is 314. The summed E-state index contributed by atoms with van der Waals surface area (Å²) in [5, 5.41) is 0. The number of hydrogen-bond acceptors (Lipinski definition) is 5. The molecular formula is C10H12O5. The maximum atomic E-state index is 11.0. The fraction of sp³-hybridized carbons (Fsp3) is 0.400. The molecule has 0 saturated carbocycles. The van der Waals surface area contributed by atoms with Crippen molar-refractivity contribution >= 4 is 11.9 Å². The third-order valence-corrected chi connectivity index (χ3v) is 1.69. The fourth-order valence-corrected chi connectivity index (χ4v) is 0.776. The summed E-state index contributed by atoms with van der Waals surface area (Å²) in [7, 11) is 0. The molecule has 1 aliphatic heterocycles. The van der Waals surface area contributed by atoms with Crippen LogP contribution in [0.4, 0.5) is 0 Å². The van der Waals surface area contributed by atoms with E-state index in [1.807, 2.05) is 0 Å². The van der Waals surface area contributed by atoms with Crippen LogP contribution in [-0.4, -0.2) is 30.9 Å². The molecule has 15 heavy (non-hydrogen) atoms. The van der Waals surface area contributed by atoms with Gasteiger partial charge in [-0.05, 0) is 6.92 Å². The van der Waals surface area contributed by atoms with Gasteiger partial charge >= 0.3 is 11.9 Å². The van der Waals surface area contributed by atoms with E-state index >= 15 is 0 Å². The summed E-state index contributed by atoms with van der Waals surface area (Å²) >= 11 is 0. The molecule has 0 N–H and O–H groups in total. The van der Waals surface area contributed by atoms with Crippen molar-refractivity contribution in [2.75, 3.05) is 13.2 Å². The molecule has 0 amide bonds. The van der Waals surface area contributed by atoms with Crippen LogP contribution in [0.3, 0.4) is 0 Å². The van der Waals surface area contributed by atoms with Crippen LogP contribution in [0.15, 0.2) is 24.8 Å². The zero-order chi connectivity index (χ0) is 11.5. The first-order valence-corrected chi connectivity index (χ1v) is 4.31. The third-order valence-electron chi connectivity index (χ3n) is 1.69. The Morgan fingerprint density at radius 1 is 1.60 bits per heavy atom. The largest absolute Gasteiger partial charge is 0.455 e. The van der Waals surface area contributed by atoms with Gasteiger partial charge in [0, 0.05) is 11.6 Å². The molecule has 0 aromatic rings. The predicted octanol–water partition coefficient (Wildman–Crippen LogP) is 0.561. The first-order valence-electron chi connectivity index (χ1n) is 4.31. The van der Waals surface area contributed by atoms with Crippen LogP contribution in [0.25, 0.3) is 0 Å². The molecule has 0 aromatic heterocycles. The van der Waals surface area contributed by atoms with Gasteiger partial charge in [0.05, 0.1) is 0 Å². The molecule has 0 radical (unpaired) electrons. The Morgan fingerprint density at radius 2 is 2.20 bits per heavy atom. The Hall–Kier alpha value is -1.62. The molecule has 1 heterocycles. The van der Waals surface area contributed by atoms with E-state index in [1.54, 1.807) is 0 Å². The van der Waals surface area contributed by atoms with E-state index in [0.717, 1.165) is 6.08 Å². The molecule has 1 fully saturated rings. The van der Waals surface area contributed by atoms with Crippen molar-refractivity contribution in [2.24, 2.45) is 0 Å². The second kappa shape index (κ2) is 4.27. The molecule has 5 heteroatoms. The van der Waals surface area contributed by atoms with Gasteiger partial charge in [0.2, 0.25) is 0 Å². The highest BCUT2D eigenvalue weighted by Gasteiger charge is 2.50. The minimum Gasteiger partial charge on any atom is -0.455 e. The molecule has 1 atom stereocenters. The van der Waals surface area contributed by atoms with Crippen molar-refractivity contribution in [3.8, 4) is 0 Å². The zero-order valence-corrected chi connectivity index (χ0v) is 8.45. The zero-order valence-electron chi connectivity index (χ0n) is 8.45. The number of epoxide rings is 1. The van der Waals surface area contributed by atoms with Gasteiger partial charge in [0.15, 0.2) is 6.61 Å². The number of carbonyl (C=O) groups is 2. The van der Waals surface area contributed by atoms with Gasteiger partial charge in [-0.2, -0.15) is 0 Å². The Balaban J connectivity index is 2.38. The highest BCUT2D eigenvalue weighted by atomic mass is 16.8. The van der Waals surface area contributed by atoms with Crippen LogP contribution in [0.5, 0.6) is 0 Å². The number of rotatable bonds is 5. The van der Waals surface area contributed by atoms with Crippen LogP contribution in [-0.2, 0) is 23.8 Å². The fourth-order valence-electron chi connectivity index (χ4n) is 0.776. The summed E-state index contributed by atoms with van der Waals surface area (Å²) in [5.74, 6) is -2.27. The van der Waals surface area contributed by atoms with Gasteiger partial charge in [-0.25, -0.2) is 9.59 Å². The van der Waals surface area contributed by atoms with Crippen molar-refractivity contribution in [2.45, 2.75) is 12.7 Å². The van der Waals surface area contributed by atoms with E-state index < -0.39 is 17.7 Å². The van der Waals surface area contributed by atoms with E-state index in [1.165, 1.54) is 6.92 Å². The van der Waals surface area contributed by atoms with Crippen molar-refractivity contribution in [1.29, 1.82) is 0 Å². The monoisotopic (exact) mass is 212 g/mol. The lowest BCUT2D eigenvalue weighted by Gasteiger charge is -2.12. The highest BCUT2D eigenvalue weighted by molar-refractivity contribution is 5.87. The smallest absolute Gasteiger partial charge is 0.333 e. The molecule has 0 bridgehead atoms. The van der Waals surface area contributed by atoms with Gasteiger partial charge in [-0.3, -0.25) is 0 Å². The van der Waals surface area contributed by atoms with Crippen molar-refractivity contribution in [1.82, 2.24) is 0 Å². The van der Waals surface area contributed by atoms with Crippen LogP contribution in [0.2, 0.25) is 0 Å². The molecular weight excluding hydrogens is 200 g/mol. The maximum Gasteiger partial charge on any atom is 0.333 e. The Kier molecular flexibility index (Phi) is 3.26. The lowest BCUT2D eigenvalue weighted by molar-refractivity contribution is -0.165. The average Bonchev–Trinajstić information content (AvgIpc) is 2.94. The lowest BCUT2D eigenvalue weighted by atomic mass is 10.3. The first kappa shape index (κ1) is 11.5. The summed E-state index contributed by atoms with van der Waals surface area (Å²) in [4.78, 5) is 21.9. The highest BCUT2D eigenvalue weighted by Crippen LogP contribution is 2.29. The van der Waals surface area contributed by atoms with Crippen LogP contribution in [0.1, 0.15) is 6.92 Å². The molecule has 82 valence electrons. The summed E-state index contributed by atoms with van der Waals surface area (Å²) in [6.07, 6.45) is 1.02. The topological polar surface area (TPSA) is 65.1 Å². The molecule has 1 unspecified atom stereocenters. The van der Waals surface area contributed by atoms with E-state index in [9.17, 15) is 9.59 Å². The van der Waals surface area contributed by atoms with Gasteiger partial charge in [-0.15, -0.1) is 0 Å². The van der Waals surface area contributed by atoms with Crippen LogP contribution < -0.4 is 0 Å². The van der Waals surface area contributed by atoms with Gasteiger partial charge in [0.1, 0.15) is 6.61 Å². The van der Waals surface area contributed by atoms with E-state index in [0.29, 0.717) is 0 Å². The number of carbonyl (C=O) groups excluding carboxylic acids is 2. The standard InChI is InChI=1S/C10H12O5/c1-4-8(11)15-10(6-14-10)5-13-9(12)7(2)3/h4H,1-2,5-6H2,3H3. The number of esters is 2. The summed E-state index contributed by atoms with van der Waals surface area (Å²) < 4.78 is 14.5. The molecule has 0 aliphatic carbocycles. The van der Waals surface area contributed by atoms with E-state index in [-0.39, 0.29) is 18.8 Å².